The van der Waals surface area contributed by atoms with E-state index in [0.29, 0.717) is 25.6 Å². The number of nitrogens with one attached hydrogen (secondary N) is 2. The van der Waals surface area contributed by atoms with Crippen LogP contribution in [0, 0.1) is 5.92 Å². The molecule has 0 aromatic rings. The van der Waals surface area contributed by atoms with E-state index >= 15 is 0 Å². The van der Waals surface area contributed by atoms with Crippen LogP contribution in [-0.4, -0.2) is 45.4 Å². The van der Waals surface area contributed by atoms with E-state index in [4.69, 9.17) is 0 Å². The summed E-state index contributed by atoms with van der Waals surface area (Å²) in [6, 6.07) is 0. The Hall–Kier alpha value is -0.170. The summed E-state index contributed by atoms with van der Waals surface area (Å²) >= 11 is 0. The first kappa shape index (κ1) is 12.3. The van der Waals surface area contributed by atoms with Crippen molar-refractivity contribution in [1.29, 1.82) is 0 Å². The van der Waals surface area contributed by atoms with Gasteiger partial charge in [0.25, 0.3) is 10.2 Å². The first-order valence-electron chi connectivity index (χ1n) is 6.14. The Morgan fingerprint density at radius 2 is 1.94 bits per heavy atom. The smallest absolute Gasteiger partial charge is 0.279 e. The monoisotopic (exact) mass is 247 g/mol. The summed E-state index contributed by atoms with van der Waals surface area (Å²) < 4.78 is 27.5. The molecule has 0 amide bonds. The van der Waals surface area contributed by atoms with Gasteiger partial charge in [0.05, 0.1) is 0 Å². The third-order valence-corrected chi connectivity index (χ3v) is 5.07. The molecule has 94 valence electrons. The van der Waals surface area contributed by atoms with Crippen molar-refractivity contribution in [2.45, 2.75) is 25.7 Å². The Morgan fingerprint density at radius 3 is 2.62 bits per heavy atom. The Balaban J connectivity index is 1.79. The summed E-state index contributed by atoms with van der Waals surface area (Å²) in [6.07, 6.45) is 4.29. The number of nitrogens with zero attached hydrogens (tertiary/aromatic N) is 1. The van der Waals surface area contributed by atoms with Crippen LogP contribution in [-0.2, 0) is 10.2 Å². The maximum atomic E-state index is 11.7. The molecule has 0 unspecified atom stereocenters. The highest BCUT2D eigenvalue weighted by Gasteiger charge is 2.25. The summed E-state index contributed by atoms with van der Waals surface area (Å²) in [5, 5.41) is 3.32. The molecule has 0 spiro atoms. The summed E-state index contributed by atoms with van der Waals surface area (Å²) in [5.41, 5.74) is 0. The van der Waals surface area contributed by atoms with E-state index in [1.807, 2.05) is 0 Å². The van der Waals surface area contributed by atoms with E-state index in [0.717, 1.165) is 25.9 Å². The fourth-order valence-electron chi connectivity index (χ4n) is 2.40. The molecule has 0 aliphatic carbocycles. The molecular formula is C10H21N3O2S. The highest BCUT2D eigenvalue weighted by atomic mass is 32.2. The van der Waals surface area contributed by atoms with Crippen molar-refractivity contribution in [2.24, 2.45) is 5.92 Å². The van der Waals surface area contributed by atoms with Gasteiger partial charge in [-0.3, -0.25) is 0 Å². The normalized spacial score (nSPS) is 28.0. The molecule has 0 radical (unpaired) electrons. The molecule has 2 heterocycles. The van der Waals surface area contributed by atoms with Crippen LogP contribution in [0.15, 0.2) is 0 Å². The molecule has 5 nitrogen and oxygen atoms in total. The molecule has 2 aliphatic rings. The minimum atomic E-state index is -3.16. The van der Waals surface area contributed by atoms with Crippen molar-refractivity contribution in [3.8, 4) is 0 Å². The van der Waals surface area contributed by atoms with Crippen LogP contribution in [0.1, 0.15) is 25.7 Å². The van der Waals surface area contributed by atoms with Crippen LogP contribution < -0.4 is 10.0 Å². The summed E-state index contributed by atoms with van der Waals surface area (Å²) in [7, 11) is -3.16. The molecule has 6 heteroatoms. The minimum Gasteiger partial charge on any atom is -0.317 e. The van der Waals surface area contributed by atoms with E-state index in [9.17, 15) is 8.42 Å². The molecule has 16 heavy (non-hydrogen) atoms. The molecule has 2 saturated heterocycles. The zero-order valence-electron chi connectivity index (χ0n) is 9.61. The second-order valence-electron chi connectivity index (χ2n) is 4.63. The standard InChI is InChI=1S/C10H21N3O2S/c14-16(15)12-5-1-8-13(16)9-4-10-2-6-11-7-3-10/h10-12H,1-9H2. The van der Waals surface area contributed by atoms with E-state index in [1.54, 1.807) is 4.31 Å². The maximum absolute atomic E-state index is 11.7. The van der Waals surface area contributed by atoms with Crippen molar-refractivity contribution in [3.63, 3.8) is 0 Å². The van der Waals surface area contributed by atoms with Crippen molar-refractivity contribution in [2.75, 3.05) is 32.7 Å². The third-order valence-electron chi connectivity index (χ3n) is 3.45. The molecule has 0 aromatic carbocycles. The van der Waals surface area contributed by atoms with Crippen LogP contribution in [0.2, 0.25) is 0 Å². The van der Waals surface area contributed by atoms with Crippen molar-refractivity contribution in [3.05, 3.63) is 0 Å². The lowest BCUT2D eigenvalue weighted by Gasteiger charge is -2.29. The fourth-order valence-corrected chi connectivity index (χ4v) is 3.70. The van der Waals surface area contributed by atoms with Crippen molar-refractivity contribution >= 4 is 10.2 Å². The van der Waals surface area contributed by atoms with Gasteiger partial charge in [-0.1, -0.05) is 0 Å². The Bertz CT molecular complexity index is 312. The minimum absolute atomic E-state index is 0.589. The lowest BCUT2D eigenvalue weighted by Crippen LogP contribution is -2.47. The number of hydrogen-bond donors (Lipinski definition) is 2. The maximum Gasteiger partial charge on any atom is 0.279 e. The second-order valence-corrected chi connectivity index (χ2v) is 6.39. The first-order chi connectivity index (χ1) is 7.68. The Labute approximate surface area is 97.8 Å². The SMILES string of the molecule is O=S1(=O)NCCCN1CCC1CCNCC1. The number of hydrogen-bond acceptors (Lipinski definition) is 3. The molecule has 2 fully saturated rings. The highest BCUT2D eigenvalue weighted by molar-refractivity contribution is 7.87. The Morgan fingerprint density at radius 1 is 1.19 bits per heavy atom. The predicted octanol–water partition coefficient (Wildman–Crippen LogP) is -0.0838. The predicted molar refractivity (Wildman–Crippen MR) is 63.3 cm³/mol. The summed E-state index contributed by atoms with van der Waals surface area (Å²) in [4.78, 5) is 0. The van der Waals surface area contributed by atoms with E-state index in [2.05, 4.69) is 10.0 Å². The summed E-state index contributed by atoms with van der Waals surface area (Å²) in [6.45, 7) is 4.11. The molecule has 2 N–H and O–H groups in total. The Kier molecular flexibility index (Phi) is 4.18. The van der Waals surface area contributed by atoms with E-state index in [-0.39, 0.29) is 0 Å². The zero-order valence-corrected chi connectivity index (χ0v) is 10.4. The highest BCUT2D eigenvalue weighted by Crippen LogP contribution is 2.17. The number of piperidine rings is 1. The van der Waals surface area contributed by atoms with Crippen LogP contribution in [0.3, 0.4) is 0 Å². The lowest BCUT2D eigenvalue weighted by molar-refractivity contribution is 0.300. The van der Waals surface area contributed by atoms with Crippen molar-refractivity contribution in [1.82, 2.24) is 14.3 Å². The van der Waals surface area contributed by atoms with Gasteiger partial charge >= 0.3 is 0 Å². The van der Waals surface area contributed by atoms with Gasteiger partial charge in [0.15, 0.2) is 0 Å². The summed E-state index contributed by atoms with van der Waals surface area (Å²) in [5.74, 6) is 0.693. The van der Waals surface area contributed by atoms with Crippen LogP contribution in [0.4, 0.5) is 0 Å². The van der Waals surface area contributed by atoms with Gasteiger partial charge in [-0.25, -0.2) is 4.72 Å². The molecular weight excluding hydrogens is 226 g/mol. The molecule has 0 atom stereocenters. The van der Waals surface area contributed by atoms with Gasteiger partial charge in [0.2, 0.25) is 0 Å². The second kappa shape index (κ2) is 5.44. The van der Waals surface area contributed by atoms with Crippen molar-refractivity contribution < 1.29 is 8.42 Å². The van der Waals surface area contributed by atoms with Gasteiger partial charge in [-0.15, -0.1) is 0 Å². The zero-order chi connectivity index (χ0) is 11.4. The van der Waals surface area contributed by atoms with E-state index < -0.39 is 10.2 Å². The average molecular weight is 247 g/mol. The van der Waals surface area contributed by atoms with Crippen LogP contribution >= 0.6 is 0 Å². The first-order valence-corrected chi connectivity index (χ1v) is 7.58. The van der Waals surface area contributed by atoms with Crippen LogP contribution in [0.25, 0.3) is 0 Å². The van der Waals surface area contributed by atoms with Gasteiger partial charge in [0.1, 0.15) is 0 Å². The molecule has 0 saturated carbocycles. The molecule has 0 bridgehead atoms. The van der Waals surface area contributed by atoms with Crippen LogP contribution in [0.5, 0.6) is 0 Å². The number of rotatable bonds is 3. The topological polar surface area (TPSA) is 61.4 Å². The van der Waals surface area contributed by atoms with Gasteiger partial charge < -0.3 is 5.32 Å². The van der Waals surface area contributed by atoms with Gasteiger partial charge in [-0.2, -0.15) is 12.7 Å². The average Bonchev–Trinajstić information content (AvgIpc) is 2.28. The molecule has 0 aromatic heterocycles. The third kappa shape index (κ3) is 3.16. The lowest BCUT2D eigenvalue weighted by atomic mass is 9.95. The van der Waals surface area contributed by atoms with E-state index in [1.165, 1.54) is 12.8 Å². The van der Waals surface area contributed by atoms with Gasteiger partial charge in [0, 0.05) is 19.6 Å². The quantitative estimate of drug-likeness (QED) is 0.733. The van der Waals surface area contributed by atoms with Gasteiger partial charge in [-0.05, 0) is 44.7 Å². The fraction of sp³-hybridized carbons (Fsp3) is 1.00. The molecule has 2 aliphatic heterocycles. The molecule has 2 rings (SSSR count). The largest absolute Gasteiger partial charge is 0.317 e.